The summed E-state index contributed by atoms with van der Waals surface area (Å²) in [6, 6.07) is 20.7. The highest BCUT2D eigenvalue weighted by Crippen LogP contribution is 2.40. The normalized spacial score (nSPS) is 15.8. The van der Waals surface area contributed by atoms with Crippen molar-refractivity contribution in [3.63, 3.8) is 0 Å². The van der Waals surface area contributed by atoms with Gasteiger partial charge in [0.25, 0.3) is 15.7 Å². The largest absolute Gasteiger partial charge is 0.361 e. The monoisotopic (exact) mass is 457 g/mol. The molecule has 0 saturated carbocycles. The Bertz CT molecular complexity index is 1540. The zero-order valence-corrected chi connectivity index (χ0v) is 18.1. The van der Waals surface area contributed by atoms with Crippen molar-refractivity contribution in [1.29, 1.82) is 0 Å². The Kier molecular flexibility index (Phi) is 5.07. The maximum Gasteiger partial charge on any atom is 0.270 e. The lowest BCUT2D eigenvalue weighted by atomic mass is 9.92. The third-order valence-electron chi connectivity index (χ3n) is 5.67. The minimum atomic E-state index is -3.92. The summed E-state index contributed by atoms with van der Waals surface area (Å²) in [6.45, 7) is 0. The third-order valence-corrected chi connectivity index (χ3v) is 7.07. The molecule has 4 aromatic rings. The summed E-state index contributed by atoms with van der Waals surface area (Å²) in [7, 11) is -3.92. The average molecular weight is 458 g/mol. The number of rotatable bonds is 5. The highest BCUT2D eigenvalue weighted by Gasteiger charge is 2.33. The second-order valence-electron chi connectivity index (χ2n) is 7.67. The Morgan fingerprint density at radius 3 is 2.61 bits per heavy atom. The molecule has 3 aromatic carbocycles. The molecule has 0 amide bonds. The fourth-order valence-corrected chi connectivity index (χ4v) is 5.34. The average Bonchev–Trinajstić information content (AvgIpc) is 3.26. The summed E-state index contributed by atoms with van der Waals surface area (Å²) in [6.07, 6.45) is 6.57. The molecule has 0 aliphatic carbocycles. The van der Waals surface area contributed by atoms with Crippen LogP contribution in [0, 0.1) is 10.1 Å². The number of nitrogens with one attached hydrogen (secondary N) is 1. The van der Waals surface area contributed by atoms with E-state index in [0.29, 0.717) is 5.56 Å². The standard InChI is InChI=1S/C25H19N3O4S/c29-28(30)20-8-5-6-18(16-20)13-15-33(31,32)27-14-12-19-7-1-2-9-21(19)25(27)23-17-26-24-11-4-3-10-22(23)24/h1-17,25-26H. The summed E-state index contributed by atoms with van der Waals surface area (Å²) < 4.78 is 28.3. The number of nitro benzene ring substituents is 1. The molecule has 1 atom stereocenters. The van der Waals surface area contributed by atoms with Crippen LogP contribution in [0.15, 0.2) is 90.6 Å². The summed E-state index contributed by atoms with van der Waals surface area (Å²) >= 11 is 0. The molecule has 0 saturated heterocycles. The van der Waals surface area contributed by atoms with Crippen LogP contribution in [0.25, 0.3) is 23.1 Å². The molecule has 164 valence electrons. The van der Waals surface area contributed by atoms with E-state index in [9.17, 15) is 18.5 Å². The Morgan fingerprint density at radius 2 is 1.76 bits per heavy atom. The number of aromatic nitrogens is 1. The SMILES string of the molecule is O=[N+]([O-])c1cccc(C=CS(=O)(=O)N2C=Cc3ccccc3C2c2c[nH]c3ccccc23)c1. The van der Waals surface area contributed by atoms with Gasteiger partial charge in [-0.1, -0.05) is 54.6 Å². The number of nitro groups is 1. The molecule has 0 fully saturated rings. The number of benzene rings is 3. The van der Waals surface area contributed by atoms with Gasteiger partial charge in [0.05, 0.1) is 16.4 Å². The van der Waals surface area contributed by atoms with Gasteiger partial charge in [-0.25, -0.2) is 8.42 Å². The van der Waals surface area contributed by atoms with Crippen molar-refractivity contribution in [3.05, 3.63) is 123 Å². The molecule has 33 heavy (non-hydrogen) atoms. The van der Waals surface area contributed by atoms with E-state index >= 15 is 0 Å². The maximum absolute atomic E-state index is 13.5. The van der Waals surface area contributed by atoms with Crippen molar-refractivity contribution in [1.82, 2.24) is 9.29 Å². The van der Waals surface area contributed by atoms with Gasteiger partial charge >= 0.3 is 0 Å². The Hall–Kier alpha value is -4.17. The fraction of sp³-hybridized carbons (Fsp3) is 0.0400. The van der Waals surface area contributed by atoms with Crippen LogP contribution in [0.4, 0.5) is 5.69 Å². The van der Waals surface area contributed by atoms with Gasteiger partial charge in [-0.05, 0) is 34.9 Å². The van der Waals surface area contributed by atoms with Crippen molar-refractivity contribution in [2.24, 2.45) is 0 Å². The van der Waals surface area contributed by atoms with Gasteiger partial charge in [-0.2, -0.15) is 0 Å². The number of para-hydroxylation sites is 1. The predicted molar refractivity (Wildman–Crippen MR) is 129 cm³/mol. The lowest BCUT2D eigenvalue weighted by Crippen LogP contribution is -2.31. The Labute approximate surface area is 190 Å². The zero-order chi connectivity index (χ0) is 23.0. The number of sulfonamides is 1. The quantitative estimate of drug-likeness (QED) is 0.318. The van der Waals surface area contributed by atoms with Gasteiger partial charge < -0.3 is 4.98 Å². The molecule has 1 unspecified atom stereocenters. The van der Waals surface area contributed by atoms with E-state index in [2.05, 4.69) is 4.98 Å². The second kappa shape index (κ2) is 8.07. The van der Waals surface area contributed by atoms with Crippen LogP contribution in [0.2, 0.25) is 0 Å². The smallest absolute Gasteiger partial charge is 0.270 e. The van der Waals surface area contributed by atoms with Gasteiger partial charge in [-0.15, -0.1) is 0 Å². The van der Waals surface area contributed by atoms with Gasteiger partial charge in [0, 0.05) is 41.0 Å². The second-order valence-corrected chi connectivity index (χ2v) is 9.39. The number of hydrogen-bond donors (Lipinski definition) is 1. The van der Waals surface area contributed by atoms with Crippen LogP contribution in [0.5, 0.6) is 0 Å². The molecular weight excluding hydrogens is 438 g/mol. The molecular formula is C25H19N3O4S. The number of H-pyrrole nitrogens is 1. The molecule has 5 rings (SSSR count). The molecule has 0 bridgehead atoms. The number of fused-ring (bicyclic) bond motifs is 2. The number of nitrogens with zero attached hydrogens (tertiary/aromatic N) is 2. The van der Waals surface area contributed by atoms with Crippen molar-refractivity contribution in [3.8, 4) is 0 Å². The summed E-state index contributed by atoms with van der Waals surface area (Å²) in [4.78, 5) is 13.8. The van der Waals surface area contributed by atoms with Crippen molar-refractivity contribution in [2.75, 3.05) is 0 Å². The lowest BCUT2D eigenvalue weighted by molar-refractivity contribution is -0.384. The van der Waals surface area contributed by atoms with Crippen LogP contribution >= 0.6 is 0 Å². The first-order valence-electron chi connectivity index (χ1n) is 10.2. The molecule has 7 nitrogen and oxygen atoms in total. The lowest BCUT2D eigenvalue weighted by Gasteiger charge is -2.33. The van der Waals surface area contributed by atoms with Gasteiger partial charge in [-0.3, -0.25) is 14.4 Å². The first-order valence-corrected chi connectivity index (χ1v) is 11.7. The summed E-state index contributed by atoms with van der Waals surface area (Å²) in [5.41, 5.74) is 3.91. The predicted octanol–water partition coefficient (Wildman–Crippen LogP) is 5.45. The Morgan fingerprint density at radius 1 is 0.970 bits per heavy atom. The third kappa shape index (κ3) is 3.81. The van der Waals surface area contributed by atoms with Crippen molar-refractivity contribution in [2.45, 2.75) is 6.04 Å². The van der Waals surface area contributed by atoms with Crippen LogP contribution in [-0.4, -0.2) is 22.6 Å². The first kappa shape index (κ1) is 20.7. The molecule has 1 aliphatic heterocycles. The van der Waals surface area contributed by atoms with Crippen molar-refractivity contribution < 1.29 is 13.3 Å². The van der Waals surface area contributed by atoms with E-state index in [0.717, 1.165) is 33.0 Å². The van der Waals surface area contributed by atoms with Crippen LogP contribution < -0.4 is 0 Å². The van der Waals surface area contributed by atoms with E-state index in [4.69, 9.17) is 0 Å². The van der Waals surface area contributed by atoms with Crippen LogP contribution in [-0.2, 0) is 10.0 Å². The molecule has 8 heteroatoms. The molecule has 1 aromatic heterocycles. The van der Waals surface area contributed by atoms with Crippen LogP contribution in [0.3, 0.4) is 0 Å². The van der Waals surface area contributed by atoms with E-state index in [-0.39, 0.29) is 5.69 Å². The number of non-ortho nitro benzene ring substituents is 1. The van der Waals surface area contributed by atoms with E-state index < -0.39 is 21.0 Å². The topological polar surface area (TPSA) is 96.3 Å². The highest BCUT2D eigenvalue weighted by molar-refractivity contribution is 7.92. The van der Waals surface area contributed by atoms with Crippen LogP contribution in [0.1, 0.15) is 28.3 Å². The van der Waals surface area contributed by atoms with E-state index in [1.807, 2.05) is 54.7 Å². The zero-order valence-electron chi connectivity index (χ0n) is 17.3. The summed E-state index contributed by atoms with van der Waals surface area (Å²) in [5.74, 6) is 0. The molecule has 0 radical (unpaired) electrons. The fourth-order valence-electron chi connectivity index (χ4n) is 4.12. The number of aromatic amines is 1. The van der Waals surface area contributed by atoms with E-state index in [1.54, 1.807) is 18.3 Å². The molecule has 2 heterocycles. The highest BCUT2D eigenvalue weighted by atomic mass is 32.2. The molecule has 1 N–H and O–H groups in total. The number of hydrogen-bond acceptors (Lipinski definition) is 4. The molecule has 1 aliphatic rings. The van der Waals surface area contributed by atoms with Crippen molar-refractivity contribution >= 4 is 38.8 Å². The first-order chi connectivity index (χ1) is 15.9. The molecule has 0 spiro atoms. The van der Waals surface area contributed by atoms with Gasteiger partial charge in [0.15, 0.2) is 0 Å². The Balaban J connectivity index is 1.60. The van der Waals surface area contributed by atoms with E-state index in [1.165, 1.54) is 28.6 Å². The minimum Gasteiger partial charge on any atom is -0.361 e. The minimum absolute atomic E-state index is 0.0991. The van der Waals surface area contributed by atoms with Gasteiger partial charge in [0.1, 0.15) is 0 Å². The summed E-state index contributed by atoms with van der Waals surface area (Å²) in [5, 5.41) is 13.1. The maximum atomic E-state index is 13.5. The van der Waals surface area contributed by atoms with Gasteiger partial charge in [0.2, 0.25) is 0 Å².